The number of hydrogen-bond acceptors (Lipinski definition) is 2. The Balaban J connectivity index is 2.00. The summed E-state index contributed by atoms with van der Waals surface area (Å²) in [6.45, 7) is 4.62. The predicted molar refractivity (Wildman–Crippen MR) is 81.9 cm³/mol. The van der Waals surface area contributed by atoms with Crippen LogP contribution < -0.4 is 5.32 Å². The van der Waals surface area contributed by atoms with Gasteiger partial charge in [-0.1, -0.05) is 39.5 Å². The molecule has 0 aromatic rings. The second-order valence-corrected chi connectivity index (χ2v) is 7.56. The van der Waals surface area contributed by atoms with Crippen LogP contribution in [0.4, 0.5) is 0 Å². The van der Waals surface area contributed by atoms with Gasteiger partial charge in [-0.15, -0.1) is 0 Å². The van der Waals surface area contributed by atoms with E-state index in [4.69, 9.17) is 0 Å². The average molecular weight is 295 g/mol. The highest BCUT2D eigenvalue weighted by Gasteiger charge is 2.45. The fourth-order valence-electron chi connectivity index (χ4n) is 4.31. The zero-order valence-corrected chi connectivity index (χ0v) is 13.4. The Bertz CT molecular complexity index is 391. The van der Waals surface area contributed by atoms with E-state index < -0.39 is 11.4 Å². The number of amides is 1. The maximum Gasteiger partial charge on any atom is 0.311 e. The number of aliphatic carboxylic acids is 1. The summed E-state index contributed by atoms with van der Waals surface area (Å²) in [4.78, 5) is 24.3. The molecule has 120 valence electrons. The highest BCUT2D eigenvalue weighted by molar-refractivity contribution is 5.84. The van der Waals surface area contributed by atoms with E-state index in [1.165, 1.54) is 0 Å². The number of carbonyl (C=O) groups is 2. The Labute approximate surface area is 127 Å². The predicted octanol–water partition coefficient (Wildman–Crippen LogP) is 3.35. The molecule has 2 aliphatic rings. The van der Waals surface area contributed by atoms with Crippen LogP contribution in [0.25, 0.3) is 0 Å². The van der Waals surface area contributed by atoms with E-state index in [1.54, 1.807) is 0 Å². The van der Waals surface area contributed by atoms with Crippen molar-refractivity contribution in [3.05, 3.63) is 0 Å². The van der Waals surface area contributed by atoms with Gasteiger partial charge in [-0.3, -0.25) is 9.59 Å². The van der Waals surface area contributed by atoms with Crippen molar-refractivity contribution in [3.8, 4) is 0 Å². The van der Waals surface area contributed by atoms with Crippen molar-refractivity contribution in [3.63, 3.8) is 0 Å². The highest BCUT2D eigenvalue weighted by atomic mass is 16.4. The normalized spacial score (nSPS) is 23.4. The maximum absolute atomic E-state index is 12.7. The molecule has 4 heteroatoms. The van der Waals surface area contributed by atoms with Crippen molar-refractivity contribution in [2.75, 3.05) is 6.54 Å². The standard InChI is InChI=1S/C17H29NO3/c1-13(2)11-16(7-3-4-8-16)14(19)18-12-17(15(20)21)9-5-6-10-17/h13H,3-12H2,1-2H3,(H,18,19)(H,20,21). The summed E-state index contributed by atoms with van der Waals surface area (Å²) >= 11 is 0. The Morgan fingerprint density at radius 1 is 1.00 bits per heavy atom. The monoisotopic (exact) mass is 295 g/mol. The lowest BCUT2D eigenvalue weighted by atomic mass is 9.77. The van der Waals surface area contributed by atoms with Gasteiger partial charge in [0.05, 0.1) is 5.41 Å². The zero-order chi connectivity index (χ0) is 15.5. The fraction of sp³-hybridized carbons (Fsp3) is 0.882. The summed E-state index contributed by atoms with van der Waals surface area (Å²) in [5.74, 6) is -0.153. The van der Waals surface area contributed by atoms with Gasteiger partial charge in [0.2, 0.25) is 5.91 Å². The number of rotatable bonds is 6. The van der Waals surface area contributed by atoms with Gasteiger partial charge in [0.1, 0.15) is 0 Å². The van der Waals surface area contributed by atoms with E-state index in [2.05, 4.69) is 19.2 Å². The Hall–Kier alpha value is -1.06. The molecule has 2 N–H and O–H groups in total. The third-order valence-electron chi connectivity index (χ3n) is 5.44. The van der Waals surface area contributed by atoms with Crippen LogP contribution in [0.3, 0.4) is 0 Å². The molecule has 21 heavy (non-hydrogen) atoms. The van der Waals surface area contributed by atoms with Gasteiger partial charge < -0.3 is 10.4 Å². The van der Waals surface area contributed by atoms with Gasteiger partial charge in [0.25, 0.3) is 0 Å². The van der Waals surface area contributed by atoms with E-state index in [-0.39, 0.29) is 11.3 Å². The van der Waals surface area contributed by atoms with Crippen LogP contribution in [0.2, 0.25) is 0 Å². The second-order valence-electron chi connectivity index (χ2n) is 7.56. The van der Waals surface area contributed by atoms with E-state index >= 15 is 0 Å². The molecule has 0 saturated heterocycles. The summed E-state index contributed by atoms with van der Waals surface area (Å²) in [6.07, 6.45) is 8.36. The highest BCUT2D eigenvalue weighted by Crippen LogP contribution is 2.44. The molecule has 2 saturated carbocycles. The first-order valence-corrected chi connectivity index (χ1v) is 8.42. The van der Waals surface area contributed by atoms with E-state index in [0.717, 1.165) is 44.9 Å². The van der Waals surface area contributed by atoms with Gasteiger partial charge in [-0.05, 0) is 38.0 Å². The first-order chi connectivity index (χ1) is 9.90. The topological polar surface area (TPSA) is 66.4 Å². The molecule has 0 heterocycles. The maximum atomic E-state index is 12.7. The molecular formula is C17H29NO3. The van der Waals surface area contributed by atoms with Crippen molar-refractivity contribution >= 4 is 11.9 Å². The lowest BCUT2D eigenvalue weighted by molar-refractivity contribution is -0.149. The van der Waals surface area contributed by atoms with Gasteiger partial charge in [0.15, 0.2) is 0 Å². The number of carboxylic acid groups (broad SMARTS) is 1. The molecule has 1 amide bonds. The summed E-state index contributed by atoms with van der Waals surface area (Å²) in [5, 5.41) is 12.5. The molecule has 0 radical (unpaired) electrons. The lowest BCUT2D eigenvalue weighted by Gasteiger charge is -2.32. The average Bonchev–Trinajstić information content (AvgIpc) is 3.05. The minimum absolute atomic E-state index is 0.0984. The smallest absolute Gasteiger partial charge is 0.311 e. The Kier molecular flexibility index (Phi) is 4.95. The minimum Gasteiger partial charge on any atom is -0.481 e. The molecule has 2 fully saturated rings. The van der Waals surface area contributed by atoms with Gasteiger partial charge in [-0.2, -0.15) is 0 Å². The molecule has 4 nitrogen and oxygen atoms in total. The first kappa shape index (κ1) is 16.3. The minimum atomic E-state index is -0.746. The van der Waals surface area contributed by atoms with Crippen LogP contribution >= 0.6 is 0 Å². The molecule has 0 bridgehead atoms. The van der Waals surface area contributed by atoms with Crippen molar-refractivity contribution in [1.29, 1.82) is 0 Å². The molecule has 0 spiro atoms. The lowest BCUT2D eigenvalue weighted by Crippen LogP contribution is -2.47. The molecule has 0 aliphatic heterocycles. The molecule has 0 aromatic carbocycles. The van der Waals surface area contributed by atoms with Crippen LogP contribution in [0, 0.1) is 16.7 Å². The van der Waals surface area contributed by atoms with Gasteiger partial charge in [0, 0.05) is 12.0 Å². The zero-order valence-electron chi connectivity index (χ0n) is 13.4. The van der Waals surface area contributed by atoms with Crippen molar-refractivity contribution < 1.29 is 14.7 Å². The van der Waals surface area contributed by atoms with Gasteiger partial charge in [-0.25, -0.2) is 0 Å². The van der Waals surface area contributed by atoms with E-state index in [1.807, 2.05) is 0 Å². The van der Waals surface area contributed by atoms with Crippen molar-refractivity contribution in [2.45, 2.75) is 71.6 Å². The summed E-state index contributed by atoms with van der Waals surface area (Å²) in [6, 6.07) is 0. The van der Waals surface area contributed by atoms with Crippen LogP contribution in [0.15, 0.2) is 0 Å². The molecule has 0 unspecified atom stereocenters. The Morgan fingerprint density at radius 2 is 1.48 bits per heavy atom. The van der Waals surface area contributed by atoms with Gasteiger partial charge >= 0.3 is 5.97 Å². The molecular weight excluding hydrogens is 266 g/mol. The second kappa shape index (κ2) is 6.37. The number of hydrogen-bond donors (Lipinski definition) is 2. The third kappa shape index (κ3) is 3.41. The SMILES string of the molecule is CC(C)CC1(C(=O)NCC2(C(=O)O)CCCC2)CCCC1. The third-order valence-corrected chi connectivity index (χ3v) is 5.44. The fourth-order valence-corrected chi connectivity index (χ4v) is 4.31. The quantitative estimate of drug-likeness (QED) is 0.789. The van der Waals surface area contributed by atoms with Crippen LogP contribution in [0.1, 0.15) is 71.6 Å². The van der Waals surface area contributed by atoms with E-state index in [0.29, 0.717) is 25.3 Å². The summed E-state index contributed by atoms with van der Waals surface area (Å²) < 4.78 is 0. The first-order valence-electron chi connectivity index (χ1n) is 8.42. The van der Waals surface area contributed by atoms with Crippen LogP contribution in [-0.4, -0.2) is 23.5 Å². The van der Waals surface area contributed by atoms with E-state index in [9.17, 15) is 14.7 Å². The number of carbonyl (C=O) groups excluding carboxylic acids is 1. The Morgan fingerprint density at radius 3 is 1.90 bits per heavy atom. The van der Waals surface area contributed by atoms with Crippen molar-refractivity contribution in [1.82, 2.24) is 5.32 Å². The largest absolute Gasteiger partial charge is 0.481 e. The number of nitrogens with one attached hydrogen (secondary N) is 1. The molecule has 2 rings (SSSR count). The van der Waals surface area contributed by atoms with Crippen LogP contribution in [0.5, 0.6) is 0 Å². The molecule has 0 aromatic heterocycles. The summed E-state index contributed by atoms with van der Waals surface area (Å²) in [5.41, 5.74) is -0.959. The molecule has 0 atom stereocenters. The summed E-state index contributed by atoms with van der Waals surface area (Å²) in [7, 11) is 0. The van der Waals surface area contributed by atoms with Crippen LogP contribution in [-0.2, 0) is 9.59 Å². The number of carboxylic acids is 1. The van der Waals surface area contributed by atoms with Crippen molar-refractivity contribution in [2.24, 2.45) is 16.7 Å². The molecule has 2 aliphatic carbocycles.